The molecule has 1 aromatic heterocycles. The summed E-state index contributed by atoms with van der Waals surface area (Å²) >= 11 is 1.67. The molecule has 0 atom stereocenters. The van der Waals surface area contributed by atoms with E-state index in [4.69, 9.17) is 4.74 Å². The van der Waals surface area contributed by atoms with Gasteiger partial charge < -0.3 is 9.64 Å². The SMILES string of the molecule is COc1ccc(C2CCN(C(C)=O)CC2)c2scnc12. The molecule has 0 unspecified atom stereocenters. The Hall–Kier alpha value is -1.62. The molecule has 2 heterocycles. The van der Waals surface area contributed by atoms with Crippen molar-refractivity contribution in [3.05, 3.63) is 23.2 Å². The van der Waals surface area contributed by atoms with Crippen LogP contribution >= 0.6 is 11.3 Å². The predicted molar refractivity (Wildman–Crippen MR) is 80.4 cm³/mol. The quantitative estimate of drug-likeness (QED) is 0.854. The van der Waals surface area contributed by atoms with Gasteiger partial charge in [-0.1, -0.05) is 6.07 Å². The number of benzene rings is 1. The number of hydrogen-bond donors (Lipinski definition) is 0. The van der Waals surface area contributed by atoms with E-state index in [0.717, 1.165) is 37.2 Å². The highest BCUT2D eigenvalue weighted by Gasteiger charge is 2.24. The van der Waals surface area contributed by atoms with E-state index in [9.17, 15) is 4.79 Å². The van der Waals surface area contributed by atoms with Crippen LogP contribution in [0.3, 0.4) is 0 Å². The second kappa shape index (κ2) is 5.40. The first kappa shape index (κ1) is 13.4. The molecule has 4 nitrogen and oxygen atoms in total. The van der Waals surface area contributed by atoms with E-state index in [1.54, 1.807) is 25.4 Å². The van der Waals surface area contributed by atoms with Crippen molar-refractivity contribution in [2.24, 2.45) is 0 Å². The summed E-state index contributed by atoms with van der Waals surface area (Å²) in [5, 5.41) is 0. The molecule has 20 heavy (non-hydrogen) atoms. The second-order valence-electron chi connectivity index (χ2n) is 5.17. The van der Waals surface area contributed by atoms with E-state index in [-0.39, 0.29) is 5.91 Å². The Morgan fingerprint density at radius 1 is 1.40 bits per heavy atom. The summed E-state index contributed by atoms with van der Waals surface area (Å²) in [7, 11) is 1.68. The summed E-state index contributed by atoms with van der Waals surface area (Å²) in [4.78, 5) is 17.7. The smallest absolute Gasteiger partial charge is 0.219 e. The third-order valence-electron chi connectivity index (χ3n) is 4.08. The number of likely N-dealkylation sites (tertiary alicyclic amines) is 1. The lowest BCUT2D eigenvalue weighted by Crippen LogP contribution is -2.36. The van der Waals surface area contributed by atoms with Gasteiger partial charge in [0.15, 0.2) is 0 Å². The Kier molecular flexibility index (Phi) is 3.61. The number of ether oxygens (including phenoxy) is 1. The molecule has 0 aliphatic carbocycles. The van der Waals surface area contributed by atoms with E-state index in [1.165, 1.54) is 10.3 Å². The number of amides is 1. The second-order valence-corrected chi connectivity index (χ2v) is 6.02. The number of nitrogens with zero attached hydrogens (tertiary/aromatic N) is 2. The Morgan fingerprint density at radius 2 is 2.15 bits per heavy atom. The highest BCUT2D eigenvalue weighted by molar-refractivity contribution is 7.17. The van der Waals surface area contributed by atoms with Gasteiger partial charge >= 0.3 is 0 Å². The molecule has 0 N–H and O–H groups in total. The number of thiazole rings is 1. The highest BCUT2D eigenvalue weighted by atomic mass is 32.1. The molecule has 2 aromatic rings. The summed E-state index contributed by atoms with van der Waals surface area (Å²) in [6.45, 7) is 3.35. The molecule has 1 amide bonds. The molecule has 1 fully saturated rings. The summed E-state index contributed by atoms with van der Waals surface area (Å²) in [6.07, 6.45) is 2.05. The van der Waals surface area contributed by atoms with Gasteiger partial charge in [-0.3, -0.25) is 4.79 Å². The van der Waals surface area contributed by atoms with Crippen LogP contribution in [0.4, 0.5) is 0 Å². The van der Waals surface area contributed by atoms with Gasteiger partial charge in [-0.05, 0) is 30.4 Å². The van der Waals surface area contributed by atoms with Crippen LogP contribution in [-0.4, -0.2) is 36.0 Å². The van der Waals surface area contributed by atoms with Crippen molar-refractivity contribution in [1.29, 1.82) is 0 Å². The van der Waals surface area contributed by atoms with Gasteiger partial charge in [-0.2, -0.15) is 0 Å². The number of methoxy groups -OCH3 is 1. The summed E-state index contributed by atoms with van der Waals surface area (Å²) in [5.41, 5.74) is 4.19. The first-order valence-corrected chi connectivity index (χ1v) is 7.74. The molecule has 0 spiro atoms. The fourth-order valence-electron chi connectivity index (χ4n) is 2.94. The Balaban J connectivity index is 1.88. The van der Waals surface area contributed by atoms with Crippen LogP contribution in [0.5, 0.6) is 5.75 Å². The fourth-order valence-corrected chi connectivity index (χ4v) is 3.84. The minimum atomic E-state index is 0.182. The molecule has 1 aromatic carbocycles. The molecule has 1 aliphatic rings. The Morgan fingerprint density at radius 3 is 2.80 bits per heavy atom. The van der Waals surface area contributed by atoms with Crippen LogP contribution in [0.15, 0.2) is 17.6 Å². The zero-order chi connectivity index (χ0) is 14.1. The number of fused-ring (bicyclic) bond motifs is 1. The van der Waals surface area contributed by atoms with Gasteiger partial charge in [0.25, 0.3) is 0 Å². The lowest BCUT2D eigenvalue weighted by molar-refractivity contribution is -0.129. The standard InChI is InChI=1S/C15H18N2O2S/c1-10(18)17-7-5-11(6-8-17)12-3-4-13(19-2)14-15(12)20-9-16-14/h3-4,9,11H,5-8H2,1-2H3. The Labute approximate surface area is 122 Å². The summed E-state index contributed by atoms with van der Waals surface area (Å²) in [6, 6.07) is 4.17. The van der Waals surface area contributed by atoms with Crippen LogP contribution in [0.25, 0.3) is 10.2 Å². The number of rotatable bonds is 2. The molecule has 0 saturated carbocycles. The van der Waals surface area contributed by atoms with Crippen molar-refractivity contribution in [2.45, 2.75) is 25.7 Å². The molecule has 5 heteroatoms. The van der Waals surface area contributed by atoms with Crippen LogP contribution in [0.1, 0.15) is 31.2 Å². The largest absolute Gasteiger partial charge is 0.494 e. The van der Waals surface area contributed by atoms with E-state index in [0.29, 0.717) is 5.92 Å². The zero-order valence-corrected chi connectivity index (χ0v) is 12.6. The van der Waals surface area contributed by atoms with Crippen LogP contribution < -0.4 is 4.74 Å². The molecule has 0 radical (unpaired) electrons. The van der Waals surface area contributed by atoms with Gasteiger partial charge in [0, 0.05) is 20.0 Å². The van der Waals surface area contributed by atoms with Crippen LogP contribution in [0.2, 0.25) is 0 Å². The fraction of sp³-hybridized carbons (Fsp3) is 0.467. The molecule has 1 aliphatic heterocycles. The van der Waals surface area contributed by atoms with Crippen molar-refractivity contribution in [3.8, 4) is 5.75 Å². The van der Waals surface area contributed by atoms with Crippen molar-refractivity contribution in [1.82, 2.24) is 9.88 Å². The lowest BCUT2D eigenvalue weighted by atomic mass is 9.89. The number of carbonyl (C=O) groups excluding carboxylic acids is 1. The topological polar surface area (TPSA) is 42.4 Å². The third-order valence-corrected chi connectivity index (χ3v) is 4.95. The molecule has 3 rings (SSSR count). The van der Waals surface area contributed by atoms with Crippen molar-refractivity contribution in [2.75, 3.05) is 20.2 Å². The minimum Gasteiger partial charge on any atom is -0.494 e. The molecular formula is C15H18N2O2S. The monoisotopic (exact) mass is 290 g/mol. The average molecular weight is 290 g/mol. The maximum atomic E-state index is 11.4. The zero-order valence-electron chi connectivity index (χ0n) is 11.8. The van der Waals surface area contributed by atoms with Crippen LogP contribution in [0, 0.1) is 0 Å². The maximum absolute atomic E-state index is 11.4. The number of aromatic nitrogens is 1. The van der Waals surface area contributed by atoms with E-state index in [2.05, 4.69) is 11.1 Å². The number of hydrogen-bond acceptors (Lipinski definition) is 4. The van der Waals surface area contributed by atoms with Crippen molar-refractivity contribution in [3.63, 3.8) is 0 Å². The van der Waals surface area contributed by atoms with Crippen molar-refractivity contribution < 1.29 is 9.53 Å². The highest BCUT2D eigenvalue weighted by Crippen LogP contribution is 2.38. The summed E-state index contributed by atoms with van der Waals surface area (Å²) in [5.74, 6) is 1.53. The first-order valence-electron chi connectivity index (χ1n) is 6.86. The third kappa shape index (κ3) is 2.26. The maximum Gasteiger partial charge on any atom is 0.219 e. The molecular weight excluding hydrogens is 272 g/mol. The van der Waals surface area contributed by atoms with E-state index < -0.39 is 0 Å². The van der Waals surface area contributed by atoms with Gasteiger partial charge in [0.1, 0.15) is 11.3 Å². The van der Waals surface area contributed by atoms with Gasteiger partial charge in [-0.25, -0.2) is 4.98 Å². The average Bonchev–Trinajstić information content (AvgIpc) is 2.95. The predicted octanol–water partition coefficient (Wildman–Crippen LogP) is 3.03. The van der Waals surface area contributed by atoms with Crippen molar-refractivity contribution >= 4 is 27.5 Å². The lowest BCUT2D eigenvalue weighted by Gasteiger charge is -2.31. The number of carbonyl (C=O) groups is 1. The number of piperidine rings is 1. The normalized spacial score (nSPS) is 16.6. The molecule has 106 valence electrons. The van der Waals surface area contributed by atoms with E-state index in [1.807, 2.05) is 16.5 Å². The Bertz CT molecular complexity index is 630. The van der Waals surface area contributed by atoms with Gasteiger partial charge in [0.2, 0.25) is 5.91 Å². The summed E-state index contributed by atoms with van der Waals surface area (Å²) < 4.78 is 6.60. The van der Waals surface area contributed by atoms with Crippen LogP contribution in [-0.2, 0) is 4.79 Å². The van der Waals surface area contributed by atoms with Gasteiger partial charge in [-0.15, -0.1) is 11.3 Å². The molecule has 0 bridgehead atoms. The molecule has 1 saturated heterocycles. The minimum absolute atomic E-state index is 0.182. The van der Waals surface area contributed by atoms with E-state index >= 15 is 0 Å². The van der Waals surface area contributed by atoms with Gasteiger partial charge in [0.05, 0.1) is 17.3 Å². The first-order chi connectivity index (χ1) is 9.70.